The van der Waals surface area contributed by atoms with E-state index in [0.29, 0.717) is 44.6 Å². The lowest BCUT2D eigenvalue weighted by Gasteiger charge is -2.43. The lowest BCUT2D eigenvalue weighted by molar-refractivity contribution is -0.137. The number of hydrogen-bond donors (Lipinski definition) is 2. The molecular formula is C26H35FN6O3S. The molecule has 1 aromatic heterocycles. The number of sulfone groups is 1. The van der Waals surface area contributed by atoms with Crippen LogP contribution in [0.1, 0.15) is 57.8 Å². The van der Waals surface area contributed by atoms with Crippen LogP contribution in [0.4, 0.5) is 21.7 Å². The van der Waals surface area contributed by atoms with E-state index in [2.05, 4.69) is 15.3 Å². The molecule has 0 spiro atoms. The molecule has 0 radical (unpaired) electrons. The van der Waals surface area contributed by atoms with E-state index < -0.39 is 21.7 Å². The molecule has 2 aliphatic heterocycles. The van der Waals surface area contributed by atoms with Crippen molar-refractivity contribution in [2.45, 2.75) is 80.0 Å². The summed E-state index contributed by atoms with van der Waals surface area (Å²) in [6.07, 6.45) is 8.58. The van der Waals surface area contributed by atoms with E-state index in [1.165, 1.54) is 6.33 Å². The van der Waals surface area contributed by atoms with Gasteiger partial charge < -0.3 is 20.9 Å². The van der Waals surface area contributed by atoms with Crippen molar-refractivity contribution < 1.29 is 17.6 Å². The third kappa shape index (κ3) is 5.23. The summed E-state index contributed by atoms with van der Waals surface area (Å²) in [4.78, 5) is 25.4. The number of nitrogens with one attached hydrogen (secondary N) is 1. The first-order valence-corrected chi connectivity index (χ1v) is 14.8. The summed E-state index contributed by atoms with van der Waals surface area (Å²) in [7, 11) is -3.49. The summed E-state index contributed by atoms with van der Waals surface area (Å²) in [5.41, 5.74) is 6.14. The van der Waals surface area contributed by atoms with Crippen molar-refractivity contribution in [2.75, 3.05) is 35.6 Å². The van der Waals surface area contributed by atoms with E-state index in [0.717, 1.165) is 38.5 Å². The Balaban J connectivity index is 1.32. The van der Waals surface area contributed by atoms with Crippen LogP contribution in [0.25, 0.3) is 0 Å². The van der Waals surface area contributed by atoms with E-state index in [-0.39, 0.29) is 33.7 Å². The number of nitrogens with zero attached hydrogens (tertiary/aromatic N) is 4. The van der Waals surface area contributed by atoms with Gasteiger partial charge in [0.1, 0.15) is 12.4 Å². The molecule has 2 aromatic rings. The summed E-state index contributed by atoms with van der Waals surface area (Å²) in [6.45, 7) is 1.70. The molecule has 9 nitrogen and oxygen atoms in total. The Labute approximate surface area is 217 Å². The number of aromatic nitrogens is 2. The Morgan fingerprint density at radius 3 is 2.54 bits per heavy atom. The number of para-hydroxylation sites is 1. The number of carbonyl (C=O) groups is 1. The van der Waals surface area contributed by atoms with Crippen LogP contribution < -0.4 is 16.0 Å². The van der Waals surface area contributed by atoms with Crippen LogP contribution in [0.5, 0.6) is 0 Å². The van der Waals surface area contributed by atoms with E-state index in [1.54, 1.807) is 24.3 Å². The molecule has 0 unspecified atom stereocenters. The van der Waals surface area contributed by atoms with Gasteiger partial charge in [-0.1, -0.05) is 31.4 Å². The number of carbonyl (C=O) groups excluding carboxylic acids is 1. The Hall–Kier alpha value is -2.95. The van der Waals surface area contributed by atoms with Crippen LogP contribution in [0.15, 0.2) is 35.5 Å². The number of rotatable bonds is 6. The molecule has 3 N–H and O–H groups in total. The zero-order chi connectivity index (χ0) is 26.0. The lowest BCUT2D eigenvalue weighted by atomic mass is 9.97. The second-order valence-electron chi connectivity index (χ2n) is 10.3. The average Bonchev–Trinajstić information content (AvgIpc) is 2.92. The number of amides is 1. The summed E-state index contributed by atoms with van der Waals surface area (Å²) < 4.78 is 41.5. The zero-order valence-electron chi connectivity index (χ0n) is 21.0. The molecule has 1 aliphatic carbocycles. The first-order valence-electron chi connectivity index (χ1n) is 13.3. The van der Waals surface area contributed by atoms with Crippen LogP contribution in [0.2, 0.25) is 0 Å². The van der Waals surface area contributed by atoms with Gasteiger partial charge >= 0.3 is 0 Å². The van der Waals surface area contributed by atoms with Crippen LogP contribution >= 0.6 is 0 Å². The number of nitrogen functional groups attached to an aromatic ring is 1. The molecule has 2 atom stereocenters. The highest BCUT2D eigenvalue weighted by Crippen LogP contribution is 2.34. The molecular weight excluding hydrogens is 495 g/mol. The van der Waals surface area contributed by atoms with E-state index in [1.807, 2.05) is 9.80 Å². The van der Waals surface area contributed by atoms with Crippen molar-refractivity contribution >= 4 is 33.1 Å². The fourth-order valence-electron chi connectivity index (χ4n) is 5.97. The molecule has 11 heteroatoms. The van der Waals surface area contributed by atoms with Gasteiger partial charge in [0.05, 0.1) is 15.8 Å². The number of halogens is 1. The van der Waals surface area contributed by atoms with Crippen molar-refractivity contribution in [3.63, 3.8) is 0 Å². The molecule has 5 rings (SSSR count). The van der Waals surface area contributed by atoms with E-state index >= 15 is 0 Å². The number of hydrogen-bond acceptors (Lipinski definition) is 8. The third-order valence-corrected chi connectivity index (χ3v) is 10.2. The summed E-state index contributed by atoms with van der Waals surface area (Å²) in [6, 6.07) is 6.34. The molecule has 200 valence electrons. The maximum atomic E-state index is 14.6. The summed E-state index contributed by atoms with van der Waals surface area (Å²) in [5.74, 6) is -0.709. The van der Waals surface area contributed by atoms with Gasteiger partial charge in [-0.3, -0.25) is 4.79 Å². The number of benzene rings is 1. The van der Waals surface area contributed by atoms with E-state index in [9.17, 15) is 17.6 Å². The molecule has 37 heavy (non-hydrogen) atoms. The first kappa shape index (κ1) is 25.7. The van der Waals surface area contributed by atoms with E-state index in [4.69, 9.17) is 5.73 Å². The molecule has 1 aromatic carbocycles. The monoisotopic (exact) mass is 530 g/mol. The Morgan fingerprint density at radius 2 is 1.73 bits per heavy atom. The van der Waals surface area contributed by atoms with Crippen LogP contribution in [0.3, 0.4) is 0 Å². The minimum absolute atomic E-state index is 0.0503. The number of likely N-dealkylation sites (tertiary alicyclic amines) is 1. The van der Waals surface area contributed by atoms with Gasteiger partial charge in [0, 0.05) is 25.7 Å². The van der Waals surface area contributed by atoms with Gasteiger partial charge in [0.15, 0.2) is 21.5 Å². The molecule has 1 amide bonds. The molecule has 0 bridgehead atoms. The van der Waals surface area contributed by atoms with Crippen molar-refractivity contribution in [1.29, 1.82) is 0 Å². The first-order chi connectivity index (χ1) is 17.9. The zero-order valence-corrected chi connectivity index (χ0v) is 21.8. The van der Waals surface area contributed by atoms with Gasteiger partial charge in [0.2, 0.25) is 11.7 Å². The summed E-state index contributed by atoms with van der Waals surface area (Å²) in [5, 5.41) is 2.92. The lowest BCUT2D eigenvalue weighted by Crippen LogP contribution is -2.56. The van der Waals surface area contributed by atoms with Gasteiger partial charge in [-0.25, -0.2) is 18.4 Å². The van der Waals surface area contributed by atoms with Crippen molar-refractivity contribution in [3.8, 4) is 0 Å². The van der Waals surface area contributed by atoms with Crippen LogP contribution in [0, 0.1) is 5.82 Å². The topological polar surface area (TPSA) is 122 Å². The highest BCUT2D eigenvalue weighted by atomic mass is 32.2. The Morgan fingerprint density at radius 1 is 0.973 bits per heavy atom. The van der Waals surface area contributed by atoms with Gasteiger partial charge in [-0.2, -0.15) is 4.39 Å². The summed E-state index contributed by atoms with van der Waals surface area (Å²) >= 11 is 0. The Bertz CT molecular complexity index is 1240. The van der Waals surface area contributed by atoms with Gasteiger partial charge in [-0.05, 0) is 50.7 Å². The molecule has 3 heterocycles. The molecule has 3 fully saturated rings. The maximum Gasteiger partial charge on any atom is 0.245 e. The van der Waals surface area contributed by atoms with Gasteiger partial charge in [0.25, 0.3) is 0 Å². The average molecular weight is 531 g/mol. The fraction of sp³-hybridized carbons (Fsp3) is 0.577. The Kier molecular flexibility index (Phi) is 7.50. The van der Waals surface area contributed by atoms with Crippen molar-refractivity contribution in [3.05, 3.63) is 36.4 Å². The number of anilines is 3. The highest BCUT2D eigenvalue weighted by Gasteiger charge is 2.37. The number of nitrogens with two attached hydrogens (primary N) is 1. The molecule has 2 saturated heterocycles. The minimum atomic E-state index is -3.49. The minimum Gasteiger partial charge on any atom is -0.381 e. The normalized spacial score (nSPS) is 23.8. The maximum absolute atomic E-state index is 14.6. The van der Waals surface area contributed by atoms with Crippen LogP contribution in [-0.4, -0.2) is 66.2 Å². The number of piperidine rings is 2. The standard InChI is InChI=1S/C26H35FN6O3S/c27-23-24(28)29-17-30-25(23)32-14-6-8-18(16-32)33-15-7-12-21(26(33)34)31-20-11-4-5-13-22(20)37(35,36)19-9-2-1-3-10-19/h4-5,11,13,17-19,21,31H,1-3,6-10,12,14-16H2,(H2,28,29,30)/t18-,21-/m1/s1. The van der Waals surface area contributed by atoms with Gasteiger partial charge in [-0.15, -0.1) is 0 Å². The SMILES string of the molecule is Nc1ncnc(N2CCC[C@@H](N3CCC[C@@H](Nc4ccccc4S(=O)(=O)C4CCCCC4)C3=O)C2)c1F. The second kappa shape index (κ2) is 10.8. The quantitative estimate of drug-likeness (QED) is 0.583. The molecule has 1 saturated carbocycles. The smallest absolute Gasteiger partial charge is 0.245 e. The van der Waals surface area contributed by atoms with Crippen molar-refractivity contribution in [2.24, 2.45) is 0 Å². The predicted molar refractivity (Wildman–Crippen MR) is 140 cm³/mol. The predicted octanol–water partition coefficient (Wildman–Crippen LogP) is 3.38. The largest absolute Gasteiger partial charge is 0.381 e. The fourth-order valence-corrected chi connectivity index (χ4v) is 7.98. The van der Waals surface area contributed by atoms with Crippen LogP contribution in [-0.2, 0) is 14.6 Å². The second-order valence-corrected chi connectivity index (χ2v) is 12.5. The third-order valence-electron chi connectivity index (χ3n) is 7.92. The highest BCUT2D eigenvalue weighted by molar-refractivity contribution is 7.92. The molecule has 3 aliphatic rings. The van der Waals surface area contributed by atoms with Crippen molar-refractivity contribution in [1.82, 2.24) is 14.9 Å².